The van der Waals surface area contributed by atoms with Crippen LogP contribution in [-0.4, -0.2) is 41.4 Å². The minimum atomic E-state index is -3.41. The number of nitrogens with zero attached hydrogens (tertiary/aromatic N) is 4. The molecule has 0 atom stereocenters. The Hall–Kier alpha value is -3.18. The second-order valence-electron chi connectivity index (χ2n) is 7.77. The van der Waals surface area contributed by atoms with Crippen molar-refractivity contribution >= 4 is 42.4 Å². The summed E-state index contributed by atoms with van der Waals surface area (Å²) < 4.78 is 54.2. The fraction of sp³-hybridized carbons (Fsp3) is 0.261. The van der Waals surface area contributed by atoms with Crippen LogP contribution in [-0.2, 0) is 16.4 Å². The lowest BCUT2D eigenvalue weighted by Crippen LogP contribution is -2.34. The predicted octanol–water partition coefficient (Wildman–Crippen LogP) is 4.53. The number of halogens is 2. The van der Waals surface area contributed by atoms with Gasteiger partial charge in [0.2, 0.25) is 0 Å². The Bertz CT molecular complexity index is 1480. The zero-order valence-electron chi connectivity index (χ0n) is 18.7. The normalized spacial score (nSPS) is 11.8. The van der Waals surface area contributed by atoms with E-state index in [0.29, 0.717) is 6.54 Å². The molecule has 7 nitrogen and oxygen atoms in total. The molecule has 0 aliphatic rings. The summed E-state index contributed by atoms with van der Waals surface area (Å²) in [6, 6.07) is 9.49. The third-order valence-corrected chi connectivity index (χ3v) is 8.13. The number of aryl methyl sites for hydroxylation is 2. The first-order valence-electron chi connectivity index (χ1n) is 10.5. The summed E-state index contributed by atoms with van der Waals surface area (Å²) in [5.41, 5.74) is 1.97. The number of hydrogen-bond donors (Lipinski definition) is 0. The topological polar surface area (TPSA) is 85.2 Å². The average Bonchev–Trinajstić information content (AvgIpc) is 3.36. The number of sulfone groups is 1. The molecule has 0 aliphatic heterocycles. The van der Waals surface area contributed by atoms with E-state index in [9.17, 15) is 22.0 Å². The fourth-order valence-corrected chi connectivity index (χ4v) is 5.48. The molecule has 0 N–H and O–H groups in total. The number of fused-ring (bicyclic) bond motifs is 1. The molecule has 4 rings (SSSR count). The summed E-state index contributed by atoms with van der Waals surface area (Å²) in [5, 5.41) is 4.61. The van der Waals surface area contributed by atoms with Crippen LogP contribution >= 0.6 is 11.3 Å². The van der Waals surface area contributed by atoms with Crippen molar-refractivity contribution in [3.63, 3.8) is 0 Å². The molecule has 0 unspecified atom stereocenters. The largest absolute Gasteiger partial charge is 0.282 e. The smallest absolute Gasteiger partial charge is 0.260 e. The summed E-state index contributed by atoms with van der Waals surface area (Å²) >= 11 is 1.00. The standard InChI is InChI=1S/C23H22F2N4O3S2/c1-4-34(31,32)18-7-5-16(6-8-18)22(30)28(9-10-29-15(3)11-14(2)27-29)23-26-21-19(25)12-17(24)13-20(21)33-23/h5-8,11-13H,4,9-10H2,1-3H3. The summed E-state index contributed by atoms with van der Waals surface area (Å²) in [6.45, 7) is 5.82. The van der Waals surface area contributed by atoms with Crippen molar-refractivity contribution in [2.24, 2.45) is 0 Å². The molecule has 0 saturated carbocycles. The summed E-state index contributed by atoms with van der Waals surface area (Å²) in [4.78, 5) is 19.2. The van der Waals surface area contributed by atoms with Crippen LogP contribution in [0.4, 0.5) is 13.9 Å². The molecule has 178 valence electrons. The highest BCUT2D eigenvalue weighted by Gasteiger charge is 2.24. The minimum absolute atomic E-state index is 0.0188. The summed E-state index contributed by atoms with van der Waals surface area (Å²) in [5.74, 6) is -2.03. The first-order chi connectivity index (χ1) is 16.1. The van der Waals surface area contributed by atoms with E-state index in [1.165, 1.54) is 35.2 Å². The second-order valence-corrected chi connectivity index (χ2v) is 11.1. The van der Waals surface area contributed by atoms with Gasteiger partial charge >= 0.3 is 0 Å². The molecular weight excluding hydrogens is 482 g/mol. The fourth-order valence-electron chi connectivity index (χ4n) is 3.57. The highest BCUT2D eigenvalue weighted by atomic mass is 32.2. The Balaban J connectivity index is 1.72. The monoisotopic (exact) mass is 504 g/mol. The maximum absolute atomic E-state index is 14.3. The van der Waals surface area contributed by atoms with Crippen LogP contribution in [0.5, 0.6) is 0 Å². The van der Waals surface area contributed by atoms with E-state index < -0.39 is 27.4 Å². The molecule has 0 saturated heterocycles. The van der Waals surface area contributed by atoms with Crippen molar-refractivity contribution in [2.75, 3.05) is 17.2 Å². The van der Waals surface area contributed by atoms with E-state index in [2.05, 4.69) is 10.1 Å². The molecule has 0 bridgehead atoms. The van der Waals surface area contributed by atoms with E-state index in [0.717, 1.165) is 28.8 Å². The highest BCUT2D eigenvalue weighted by Crippen LogP contribution is 2.32. The van der Waals surface area contributed by atoms with Crippen molar-refractivity contribution in [2.45, 2.75) is 32.2 Å². The maximum atomic E-state index is 14.3. The Morgan fingerprint density at radius 2 is 1.82 bits per heavy atom. The number of carbonyl (C=O) groups is 1. The third-order valence-electron chi connectivity index (χ3n) is 5.36. The number of hydrogen-bond acceptors (Lipinski definition) is 6. The number of benzene rings is 2. The van der Waals surface area contributed by atoms with Gasteiger partial charge in [0.15, 0.2) is 20.8 Å². The molecule has 1 amide bonds. The molecule has 34 heavy (non-hydrogen) atoms. The number of amides is 1. The molecule has 0 aliphatic carbocycles. The van der Waals surface area contributed by atoms with Gasteiger partial charge in [-0.1, -0.05) is 18.3 Å². The summed E-state index contributed by atoms with van der Waals surface area (Å²) in [6.07, 6.45) is 0. The van der Waals surface area contributed by atoms with Crippen LogP contribution in [0, 0.1) is 25.5 Å². The van der Waals surface area contributed by atoms with Crippen molar-refractivity contribution in [3.05, 3.63) is 71.1 Å². The molecule has 2 heterocycles. The van der Waals surface area contributed by atoms with Gasteiger partial charge in [-0.3, -0.25) is 14.4 Å². The quantitative estimate of drug-likeness (QED) is 0.369. The van der Waals surface area contributed by atoms with Gasteiger partial charge < -0.3 is 0 Å². The van der Waals surface area contributed by atoms with Gasteiger partial charge in [0.1, 0.15) is 11.3 Å². The van der Waals surface area contributed by atoms with Gasteiger partial charge in [-0.2, -0.15) is 5.10 Å². The minimum Gasteiger partial charge on any atom is -0.282 e. The molecule has 0 radical (unpaired) electrons. The zero-order chi connectivity index (χ0) is 24.6. The molecular formula is C23H22F2N4O3S2. The van der Waals surface area contributed by atoms with Crippen molar-refractivity contribution in [3.8, 4) is 0 Å². The molecule has 0 spiro atoms. The van der Waals surface area contributed by atoms with Crippen LogP contribution in [0.25, 0.3) is 10.2 Å². The number of carbonyl (C=O) groups excluding carboxylic acids is 1. The Kier molecular flexibility index (Phi) is 6.50. The number of anilines is 1. The number of rotatable bonds is 7. The van der Waals surface area contributed by atoms with Crippen LogP contribution < -0.4 is 4.90 Å². The van der Waals surface area contributed by atoms with Crippen LogP contribution in [0.1, 0.15) is 28.7 Å². The van der Waals surface area contributed by atoms with Gasteiger partial charge in [-0.05, 0) is 50.2 Å². The van der Waals surface area contributed by atoms with E-state index in [4.69, 9.17) is 0 Å². The maximum Gasteiger partial charge on any atom is 0.260 e. The van der Waals surface area contributed by atoms with Gasteiger partial charge in [0, 0.05) is 23.9 Å². The lowest BCUT2D eigenvalue weighted by molar-refractivity contribution is 0.0985. The lowest BCUT2D eigenvalue weighted by atomic mass is 10.2. The van der Waals surface area contributed by atoms with Crippen LogP contribution in [0.3, 0.4) is 0 Å². The summed E-state index contributed by atoms with van der Waals surface area (Å²) in [7, 11) is -3.41. The second kappa shape index (κ2) is 9.22. The predicted molar refractivity (Wildman–Crippen MR) is 127 cm³/mol. The SMILES string of the molecule is CCS(=O)(=O)c1ccc(C(=O)N(CCn2nc(C)cc2C)c2nc3c(F)cc(F)cc3s2)cc1. The lowest BCUT2D eigenvalue weighted by Gasteiger charge is -2.20. The van der Waals surface area contributed by atoms with E-state index in [-0.39, 0.29) is 38.1 Å². The van der Waals surface area contributed by atoms with E-state index in [1.807, 2.05) is 19.9 Å². The van der Waals surface area contributed by atoms with Gasteiger partial charge in [-0.25, -0.2) is 22.2 Å². The molecule has 11 heteroatoms. The zero-order valence-corrected chi connectivity index (χ0v) is 20.4. The number of aromatic nitrogens is 3. The first kappa shape index (κ1) is 24.0. The molecule has 2 aromatic carbocycles. The van der Waals surface area contributed by atoms with Gasteiger partial charge in [-0.15, -0.1) is 0 Å². The molecule has 4 aromatic rings. The Morgan fingerprint density at radius 3 is 2.44 bits per heavy atom. The average molecular weight is 505 g/mol. The van der Waals surface area contributed by atoms with Crippen LogP contribution in [0.15, 0.2) is 47.4 Å². The number of thiazole rings is 1. The van der Waals surface area contributed by atoms with Gasteiger partial charge in [0.05, 0.1) is 27.6 Å². The van der Waals surface area contributed by atoms with E-state index >= 15 is 0 Å². The molecule has 0 fully saturated rings. The van der Waals surface area contributed by atoms with Gasteiger partial charge in [0.25, 0.3) is 5.91 Å². The highest BCUT2D eigenvalue weighted by molar-refractivity contribution is 7.91. The van der Waals surface area contributed by atoms with Crippen molar-refractivity contribution in [1.29, 1.82) is 0 Å². The van der Waals surface area contributed by atoms with Crippen LogP contribution in [0.2, 0.25) is 0 Å². The Morgan fingerprint density at radius 1 is 1.12 bits per heavy atom. The third kappa shape index (κ3) is 4.71. The van der Waals surface area contributed by atoms with Crippen molar-refractivity contribution < 1.29 is 22.0 Å². The Labute approximate surface area is 199 Å². The first-order valence-corrected chi connectivity index (χ1v) is 13.0. The van der Waals surface area contributed by atoms with E-state index in [1.54, 1.807) is 11.6 Å². The molecule has 2 aromatic heterocycles. The van der Waals surface area contributed by atoms with Crippen molar-refractivity contribution in [1.82, 2.24) is 14.8 Å².